The molecule has 1 fully saturated rings. The van der Waals surface area contributed by atoms with Crippen molar-refractivity contribution < 1.29 is 9.26 Å². The molecule has 1 aromatic rings. The predicted octanol–water partition coefficient (Wildman–Crippen LogP) is 1.79. The third-order valence-corrected chi connectivity index (χ3v) is 3.78. The number of hydrogen-bond donors (Lipinski definition) is 1. The number of hydrogen-bond acceptors (Lipinski definition) is 5. The lowest BCUT2D eigenvalue weighted by molar-refractivity contribution is -0.0858. The second-order valence-electron chi connectivity index (χ2n) is 5.09. The topological polar surface area (TPSA) is 74.2 Å². The highest BCUT2D eigenvalue weighted by Crippen LogP contribution is 2.43. The average Bonchev–Trinajstić information content (AvgIpc) is 2.67. The van der Waals surface area contributed by atoms with Gasteiger partial charge in [0.25, 0.3) is 0 Å². The summed E-state index contributed by atoms with van der Waals surface area (Å²) in [5.41, 5.74) is 5.44. The van der Waals surface area contributed by atoms with Crippen molar-refractivity contribution in [2.75, 3.05) is 13.7 Å². The van der Waals surface area contributed by atoms with Gasteiger partial charge in [-0.2, -0.15) is 4.98 Å². The van der Waals surface area contributed by atoms with E-state index in [9.17, 15) is 0 Å². The molecule has 0 spiro atoms. The number of nitrogens with zero attached hydrogens (tertiary/aromatic N) is 2. The molecule has 0 amide bonds. The zero-order valence-electron chi connectivity index (χ0n) is 10.8. The van der Waals surface area contributed by atoms with E-state index in [-0.39, 0.29) is 11.5 Å². The van der Waals surface area contributed by atoms with Crippen LogP contribution in [-0.4, -0.2) is 23.8 Å². The van der Waals surface area contributed by atoms with E-state index in [0.29, 0.717) is 24.2 Å². The van der Waals surface area contributed by atoms with Crippen LogP contribution in [0.1, 0.15) is 50.7 Å². The minimum atomic E-state index is -0.308. The van der Waals surface area contributed by atoms with E-state index in [0.717, 1.165) is 19.3 Å². The van der Waals surface area contributed by atoms with E-state index >= 15 is 0 Å². The van der Waals surface area contributed by atoms with E-state index in [1.54, 1.807) is 7.11 Å². The molecule has 96 valence electrons. The Bertz CT molecular complexity index is 366. The van der Waals surface area contributed by atoms with Crippen molar-refractivity contribution in [3.05, 3.63) is 11.7 Å². The van der Waals surface area contributed by atoms with E-state index < -0.39 is 0 Å². The first-order valence-corrected chi connectivity index (χ1v) is 6.22. The first kappa shape index (κ1) is 12.5. The molecule has 17 heavy (non-hydrogen) atoms. The van der Waals surface area contributed by atoms with Crippen molar-refractivity contribution in [2.24, 2.45) is 11.7 Å². The van der Waals surface area contributed by atoms with E-state index in [2.05, 4.69) is 24.0 Å². The molecule has 0 bridgehead atoms. The van der Waals surface area contributed by atoms with Crippen molar-refractivity contribution in [2.45, 2.75) is 44.6 Å². The van der Waals surface area contributed by atoms with Crippen LogP contribution in [0.2, 0.25) is 0 Å². The molecule has 1 atom stereocenters. The van der Waals surface area contributed by atoms with Gasteiger partial charge in [-0.05, 0) is 25.2 Å². The third-order valence-electron chi connectivity index (χ3n) is 3.78. The second kappa shape index (κ2) is 4.74. The molecule has 1 aliphatic rings. The Morgan fingerprint density at radius 1 is 1.47 bits per heavy atom. The number of methoxy groups -OCH3 is 1. The number of ether oxygens (including phenoxy) is 1. The molecular weight excluding hydrogens is 218 g/mol. The standard InChI is InChI=1S/C12H21N3O2/c1-8(2)9(7-13)10-14-11(15-17-10)12(16-3)5-4-6-12/h8-9H,4-7,13H2,1-3H3. The fourth-order valence-electron chi connectivity index (χ4n) is 2.25. The highest BCUT2D eigenvalue weighted by atomic mass is 16.5. The highest BCUT2D eigenvalue weighted by Gasteiger charge is 2.43. The van der Waals surface area contributed by atoms with Gasteiger partial charge >= 0.3 is 0 Å². The largest absolute Gasteiger partial charge is 0.370 e. The van der Waals surface area contributed by atoms with Crippen molar-refractivity contribution in [3.8, 4) is 0 Å². The van der Waals surface area contributed by atoms with Gasteiger partial charge in [-0.3, -0.25) is 0 Å². The molecule has 0 aliphatic heterocycles. The molecule has 0 aromatic carbocycles. The van der Waals surface area contributed by atoms with Crippen LogP contribution in [0.5, 0.6) is 0 Å². The Labute approximate surface area is 102 Å². The van der Waals surface area contributed by atoms with Crippen LogP contribution in [0.25, 0.3) is 0 Å². The molecule has 5 heteroatoms. The summed E-state index contributed by atoms with van der Waals surface area (Å²) in [5, 5.41) is 4.07. The van der Waals surface area contributed by atoms with Crippen molar-refractivity contribution in [1.29, 1.82) is 0 Å². The van der Waals surface area contributed by atoms with Gasteiger partial charge < -0.3 is 15.0 Å². The number of rotatable bonds is 5. The summed E-state index contributed by atoms with van der Waals surface area (Å²) in [6.07, 6.45) is 3.09. The minimum Gasteiger partial charge on any atom is -0.370 e. The molecule has 1 heterocycles. The highest BCUT2D eigenvalue weighted by molar-refractivity contribution is 5.08. The van der Waals surface area contributed by atoms with Crippen LogP contribution in [-0.2, 0) is 10.3 Å². The summed E-state index contributed by atoms with van der Waals surface area (Å²) >= 11 is 0. The van der Waals surface area contributed by atoms with E-state index in [1.165, 1.54) is 0 Å². The molecule has 0 saturated heterocycles. The second-order valence-corrected chi connectivity index (χ2v) is 5.09. The van der Waals surface area contributed by atoms with Crippen molar-refractivity contribution >= 4 is 0 Å². The van der Waals surface area contributed by atoms with Crippen LogP contribution in [0.3, 0.4) is 0 Å². The monoisotopic (exact) mass is 239 g/mol. The lowest BCUT2D eigenvalue weighted by Gasteiger charge is -2.37. The van der Waals surface area contributed by atoms with Gasteiger partial charge in [0.05, 0.1) is 5.92 Å². The SMILES string of the molecule is COC1(c2noc(C(CN)C(C)C)n2)CCC1. The van der Waals surface area contributed by atoms with Crippen LogP contribution < -0.4 is 5.73 Å². The maximum atomic E-state index is 5.74. The molecule has 2 rings (SSSR count). The average molecular weight is 239 g/mol. The third kappa shape index (κ3) is 2.09. The zero-order valence-corrected chi connectivity index (χ0v) is 10.8. The van der Waals surface area contributed by atoms with Gasteiger partial charge in [-0.15, -0.1) is 0 Å². The van der Waals surface area contributed by atoms with Gasteiger partial charge in [0.15, 0.2) is 0 Å². The maximum absolute atomic E-state index is 5.74. The summed E-state index contributed by atoms with van der Waals surface area (Å²) < 4.78 is 10.9. The molecule has 1 saturated carbocycles. The van der Waals surface area contributed by atoms with Gasteiger partial charge in [0.1, 0.15) is 5.60 Å². The number of aromatic nitrogens is 2. The van der Waals surface area contributed by atoms with Crippen LogP contribution >= 0.6 is 0 Å². The van der Waals surface area contributed by atoms with Gasteiger partial charge in [0, 0.05) is 13.7 Å². The lowest BCUT2D eigenvalue weighted by atomic mass is 9.79. The summed E-state index contributed by atoms with van der Waals surface area (Å²) in [6.45, 7) is 4.74. The van der Waals surface area contributed by atoms with E-state index in [1.807, 2.05) is 0 Å². The first-order valence-electron chi connectivity index (χ1n) is 6.22. The van der Waals surface area contributed by atoms with Gasteiger partial charge in [-0.1, -0.05) is 19.0 Å². The van der Waals surface area contributed by atoms with Crippen molar-refractivity contribution in [3.63, 3.8) is 0 Å². The summed E-state index contributed by atoms with van der Waals surface area (Å²) in [6, 6.07) is 0. The fraction of sp³-hybridized carbons (Fsp3) is 0.833. The van der Waals surface area contributed by atoms with Gasteiger partial charge in [0.2, 0.25) is 11.7 Å². The van der Waals surface area contributed by atoms with Crippen LogP contribution in [0.4, 0.5) is 0 Å². The van der Waals surface area contributed by atoms with Gasteiger partial charge in [-0.25, -0.2) is 0 Å². The Hall–Kier alpha value is -0.940. The molecule has 1 aromatic heterocycles. The van der Waals surface area contributed by atoms with Crippen LogP contribution in [0.15, 0.2) is 4.52 Å². The van der Waals surface area contributed by atoms with E-state index in [4.69, 9.17) is 15.0 Å². The Morgan fingerprint density at radius 3 is 2.59 bits per heavy atom. The van der Waals surface area contributed by atoms with Crippen LogP contribution in [0, 0.1) is 5.92 Å². The predicted molar refractivity (Wildman–Crippen MR) is 63.5 cm³/mol. The molecule has 5 nitrogen and oxygen atoms in total. The quantitative estimate of drug-likeness (QED) is 0.848. The fourth-order valence-corrected chi connectivity index (χ4v) is 2.25. The number of nitrogens with two attached hydrogens (primary N) is 1. The zero-order chi connectivity index (χ0) is 12.5. The van der Waals surface area contributed by atoms with Crippen molar-refractivity contribution in [1.82, 2.24) is 10.1 Å². The lowest BCUT2D eigenvalue weighted by Crippen LogP contribution is -2.37. The first-order chi connectivity index (χ1) is 8.13. The minimum absolute atomic E-state index is 0.130. The molecular formula is C12H21N3O2. The Morgan fingerprint density at radius 2 is 2.18 bits per heavy atom. The molecule has 1 unspecified atom stereocenters. The summed E-state index contributed by atoms with van der Waals surface area (Å²) in [4.78, 5) is 4.48. The maximum Gasteiger partial charge on any atom is 0.231 e. The molecule has 0 radical (unpaired) electrons. The molecule has 2 N–H and O–H groups in total. The Kier molecular flexibility index (Phi) is 3.49. The summed E-state index contributed by atoms with van der Waals surface area (Å²) in [7, 11) is 1.71. The summed E-state index contributed by atoms with van der Waals surface area (Å²) in [5.74, 6) is 1.85. The molecule has 1 aliphatic carbocycles. The smallest absolute Gasteiger partial charge is 0.231 e. The normalized spacial score (nSPS) is 20.3. The Balaban J connectivity index is 2.20.